The van der Waals surface area contributed by atoms with Crippen LogP contribution in [-0.4, -0.2) is 37.9 Å². The van der Waals surface area contributed by atoms with E-state index in [-0.39, 0.29) is 35.9 Å². The molecule has 0 aliphatic rings. The number of halogens is 1. The van der Waals surface area contributed by atoms with E-state index >= 15 is 0 Å². The molecule has 0 saturated heterocycles. The van der Waals surface area contributed by atoms with Crippen LogP contribution < -0.4 is 20.1 Å². The molecule has 2 unspecified atom stereocenters. The summed E-state index contributed by atoms with van der Waals surface area (Å²) in [7, 11) is 1.77. The van der Waals surface area contributed by atoms with Crippen LogP contribution in [0.5, 0.6) is 11.5 Å². The standard InChI is InChI=1S/C22H34N4O3.HI/c1-8-27-19-11-10-18(12-20(19)28-9-2)15(4)25-22(23-7)24-13-14(3)21-16(5)26-29-17(21)6;/h10-12,14-15H,8-9,13H2,1-7H3,(H2,23,24,25);1H. The summed E-state index contributed by atoms with van der Waals surface area (Å²) in [5.74, 6) is 3.38. The van der Waals surface area contributed by atoms with Crippen LogP contribution in [0.25, 0.3) is 0 Å². The fourth-order valence-corrected chi connectivity index (χ4v) is 3.37. The maximum absolute atomic E-state index is 5.74. The quantitative estimate of drug-likeness (QED) is 0.277. The molecule has 0 spiro atoms. The Balaban J connectivity index is 0.00000450. The summed E-state index contributed by atoms with van der Waals surface area (Å²) in [5.41, 5.74) is 3.18. The Labute approximate surface area is 197 Å². The second-order valence-corrected chi connectivity index (χ2v) is 7.03. The molecule has 168 valence electrons. The van der Waals surface area contributed by atoms with Gasteiger partial charge in [-0.2, -0.15) is 0 Å². The number of benzene rings is 1. The highest BCUT2D eigenvalue weighted by atomic mass is 127. The predicted octanol–water partition coefficient (Wildman–Crippen LogP) is 4.74. The van der Waals surface area contributed by atoms with Crippen LogP contribution in [0.1, 0.15) is 62.2 Å². The fourth-order valence-electron chi connectivity index (χ4n) is 3.37. The van der Waals surface area contributed by atoms with E-state index in [1.165, 1.54) is 0 Å². The number of aliphatic imine (C=N–C) groups is 1. The molecule has 1 aromatic carbocycles. The zero-order valence-corrected chi connectivity index (χ0v) is 21.4. The summed E-state index contributed by atoms with van der Waals surface area (Å²) in [4.78, 5) is 4.36. The Morgan fingerprint density at radius 3 is 2.37 bits per heavy atom. The lowest BCUT2D eigenvalue weighted by atomic mass is 10.00. The van der Waals surface area contributed by atoms with Gasteiger partial charge in [0.05, 0.1) is 24.9 Å². The molecule has 30 heavy (non-hydrogen) atoms. The van der Waals surface area contributed by atoms with Crippen LogP contribution in [-0.2, 0) is 0 Å². The lowest BCUT2D eigenvalue weighted by Gasteiger charge is -2.21. The van der Waals surface area contributed by atoms with Gasteiger partial charge in [0.25, 0.3) is 0 Å². The molecule has 0 saturated carbocycles. The normalized spacial score (nSPS) is 13.2. The molecular weight excluding hydrogens is 495 g/mol. The van der Waals surface area contributed by atoms with Gasteiger partial charge in [0.1, 0.15) is 5.76 Å². The number of aromatic nitrogens is 1. The third-order valence-electron chi connectivity index (χ3n) is 4.80. The van der Waals surface area contributed by atoms with Crippen LogP contribution in [0.15, 0.2) is 27.7 Å². The number of hydrogen-bond acceptors (Lipinski definition) is 5. The van der Waals surface area contributed by atoms with Crippen LogP contribution in [0, 0.1) is 13.8 Å². The molecule has 0 fully saturated rings. The number of nitrogens with one attached hydrogen (secondary N) is 2. The van der Waals surface area contributed by atoms with Gasteiger partial charge in [-0.1, -0.05) is 18.1 Å². The summed E-state index contributed by atoms with van der Waals surface area (Å²) in [5, 5.41) is 10.9. The Morgan fingerprint density at radius 2 is 1.80 bits per heavy atom. The van der Waals surface area contributed by atoms with Crippen molar-refractivity contribution in [3.05, 3.63) is 40.8 Å². The molecular formula is C22H35IN4O3. The first-order valence-electron chi connectivity index (χ1n) is 10.2. The van der Waals surface area contributed by atoms with Crippen molar-refractivity contribution in [2.75, 3.05) is 26.8 Å². The third kappa shape index (κ3) is 6.78. The zero-order chi connectivity index (χ0) is 21.4. The average molecular weight is 530 g/mol. The lowest BCUT2D eigenvalue weighted by molar-refractivity contribution is 0.287. The van der Waals surface area contributed by atoms with Crippen LogP contribution in [0.2, 0.25) is 0 Å². The molecule has 0 aliphatic carbocycles. The van der Waals surface area contributed by atoms with Crippen molar-refractivity contribution in [1.82, 2.24) is 15.8 Å². The largest absolute Gasteiger partial charge is 0.490 e. The molecule has 0 radical (unpaired) electrons. The Morgan fingerprint density at radius 1 is 1.13 bits per heavy atom. The molecule has 0 bridgehead atoms. The lowest BCUT2D eigenvalue weighted by Crippen LogP contribution is -2.40. The van der Waals surface area contributed by atoms with Gasteiger partial charge < -0.3 is 24.6 Å². The van der Waals surface area contributed by atoms with E-state index in [2.05, 4.69) is 34.6 Å². The highest BCUT2D eigenvalue weighted by molar-refractivity contribution is 14.0. The van der Waals surface area contributed by atoms with Crippen molar-refractivity contribution < 1.29 is 14.0 Å². The van der Waals surface area contributed by atoms with Gasteiger partial charge >= 0.3 is 0 Å². The van der Waals surface area contributed by atoms with E-state index in [0.717, 1.165) is 46.6 Å². The first kappa shape index (κ1) is 26.1. The molecule has 1 aromatic heterocycles. The predicted molar refractivity (Wildman–Crippen MR) is 131 cm³/mol. The Bertz CT molecular complexity index is 803. The monoisotopic (exact) mass is 530 g/mol. The van der Waals surface area contributed by atoms with Gasteiger partial charge in [0, 0.05) is 25.1 Å². The number of hydrogen-bond donors (Lipinski definition) is 2. The van der Waals surface area contributed by atoms with Crippen LogP contribution in [0.3, 0.4) is 0 Å². The van der Waals surface area contributed by atoms with Crippen LogP contribution in [0.4, 0.5) is 0 Å². The summed E-state index contributed by atoms with van der Waals surface area (Å²) in [6.45, 7) is 14.0. The van der Waals surface area contributed by atoms with Crippen LogP contribution >= 0.6 is 24.0 Å². The van der Waals surface area contributed by atoms with Gasteiger partial charge in [0.2, 0.25) is 0 Å². The minimum Gasteiger partial charge on any atom is -0.490 e. The smallest absolute Gasteiger partial charge is 0.191 e. The second-order valence-electron chi connectivity index (χ2n) is 7.03. The average Bonchev–Trinajstić information content (AvgIpc) is 3.04. The van der Waals surface area contributed by atoms with E-state index in [1.54, 1.807) is 7.05 Å². The highest BCUT2D eigenvalue weighted by Gasteiger charge is 2.17. The molecule has 2 atom stereocenters. The third-order valence-corrected chi connectivity index (χ3v) is 4.80. The SMILES string of the molecule is CCOc1ccc(C(C)NC(=NC)NCC(C)c2c(C)noc2C)cc1OCC.I. The maximum Gasteiger partial charge on any atom is 0.191 e. The van der Waals surface area contributed by atoms with E-state index in [0.29, 0.717) is 13.2 Å². The Hall–Kier alpha value is -1.97. The van der Waals surface area contributed by atoms with Gasteiger partial charge in [-0.3, -0.25) is 4.99 Å². The number of ether oxygens (including phenoxy) is 2. The topological polar surface area (TPSA) is 80.9 Å². The highest BCUT2D eigenvalue weighted by Crippen LogP contribution is 2.30. The van der Waals surface area contributed by atoms with Crippen molar-refractivity contribution in [3.8, 4) is 11.5 Å². The van der Waals surface area contributed by atoms with Gasteiger partial charge in [-0.15, -0.1) is 24.0 Å². The molecule has 7 nitrogen and oxygen atoms in total. The molecule has 2 aromatic rings. The van der Waals surface area contributed by atoms with Gasteiger partial charge in [0.15, 0.2) is 17.5 Å². The summed E-state index contributed by atoms with van der Waals surface area (Å²) < 4.78 is 16.7. The number of nitrogens with zero attached hydrogens (tertiary/aromatic N) is 2. The molecule has 2 rings (SSSR count). The molecule has 0 amide bonds. The van der Waals surface area contributed by atoms with E-state index in [9.17, 15) is 0 Å². The minimum atomic E-state index is 0. The number of guanidine groups is 1. The maximum atomic E-state index is 5.74. The van der Waals surface area contributed by atoms with Gasteiger partial charge in [-0.05, 0) is 52.3 Å². The number of aryl methyl sites for hydroxylation is 2. The van der Waals surface area contributed by atoms with Crippen molar-refractivity contribution in [2.24, 2.45) is 4.99 Å². The molecule has 0 aliphatic heterocycles. The summed E-state index contributed by atoms with van der Waals surface area (Å²) in [6.07, 6.45) is 0. The van der Waals surface area contributed by atoms with E-state index < -0.39 is 0 Å². The molecule has 1 heterocycles. The van der Waals surface area contributed by atoms with Crippen molar-refractivity contribution in [3.63, 3.8) is 0 Å². The number of rotatable bonds is 9. The van der Waals surface area contributed by atoms with E-state index in [1.807, 2.05) is 45.9 Å². The van der Waals surface area contributed by atoms with E-state index in [4.69, 9.17) is 14.0 Å². The first-order valence-corrected chi connectivity index (χ1v) is 10.2. The first-order chi connectivity index (χ1) is 13.9. The zero-order valence-electron chi connectivity index (χ0n) is 19.0. The fraction of sp³-hybridized carbons (Fsp3) is 0.545. The van der Waals surface area contributed by atoms with Crippen molar-refractivity contribution in [1.29, 1.82) is 0 Å². The molecule has 2 N–H and O–H groups in total. The second kappa shape index (κ2) is 12.7. The van der Waals surface area contributed by atoms with Gasteiger partial charge in [-0.25, -0.2) is 0 Å². The van der Waals surface area contributed by atoms with Crippen molar-refractivity contribution >= 4 is 29.9 Å². The van der Waals surface area contributed by atoms with Crippen molar-refractivity contribution in [2.45, 2.75) is 53.5 Å². The Kier molecular flexibility index (Phi) is 11.0. The summed E-state index contributed by atoms with van der Waals surface area (Å²) >= 11 is 0. The summed E-state index contributed by atoms with van der Waals surface area (Å²) in [6, 6.07) is 6.07. The minimum absolute atomic E-state index is 0. The molecule has 8 heteroatoms.